The van der Waals surface area contributed by atoms with Crippen molar-refractivity contribution in [3.05, 3.63) is 64.0 Å². The quantitative estimate of drug-likeness (QED) is 0.372. The predicted octanol–water partition coefficient (Wildman–Crippen LogP) is 4.14. The van der Waals surface area contributed by atoms with E-state index in [-0.39, 0.29) is 16.1 Å². The van der Waals surface area contributed by atoms with Crippen molar-refractivity contribution >= 4 is 28.2 Å². The third kappa shape index (κ3) is 5.30. The normalized spacial score (nSPS) is 20.6. The molecule has 6 N–H and O–H groups in total. The van der Waals surface area contributed by atoms with Gasteiger partial charge < -0.3 is 21.7 Å². The van der Waals surface area contributed by atoms with E-state index in [0.29, 0.717) is 11.6 Å². The monoisotopic (exact) mass is 472 g/mol. The molecule has 4 rings (SSSR count). The van der Waals surface area contributed by atoms with Crippen molar-refractivity contribution in [3.63, 3.8) is 0 Å². The number of benzene rings is 1. The Hall–Kier alpha value is -2.65. The lowest BCUT2D eigenvalue weighted by Gasteiger charge is -2.40. The van der Waals surface area contributed by atoms with Gasteiger partial charge in [0.15, 0.2) is 0 Å². The topological polar surface area (TPSA) is 104 Å². The minimum atomic E-state index is -0.777. The van der Waals surface area contributed by atoms with Gasteiger partial charge in [0, 0.05) is 30.9 Å². The standard InChI is InChI=1S/C24H30F2N6S/c1-24(29)10-4-12-32(14-24)22-15-5-2-8-18(15)31-13-19(22)30-11-9-20(27)33-23(28)21-16(25)6-3-7-17(21)26/h3,6-7,9,13,28,30H,2,4-5,8,10-12,14,27,29H2,1H3/b20-9+,28-23?. The highest BCUT2D eigenvalue weighted by molar-refractivity contribution is 8.17. The van der Waals surface area contributed by atoms with Crippen LogP contribution in [0, 0.1) is 17.0 Å². The zero-order chi connectivity index (χ0) is 23.6. The summed E-state index contributed by atoms with van der Waals surface area (Å²) in [7, 11) is 0. The maximum atomic E-state index is 13.9. The number of rotatable bonds is 6. The number of aromatic nitrogens is 1. The number of nitrogens with zero attached hydrogens (tertiary/aromatic N) is 2. The first-order valence-electron chi connectivity index (χ1n) is 11.2. The van der Waals surface area contributed by atoms with E-state index < -0.39 is 11.6 Å². The molecular formula is C24H30F2N6S. The average Bonchev–Trinajstić information content (AvgIpc) is 3.21. The third-order valence-corrected chi connectivity index (χ3v) is 6.94. The molecule has 0 saturated carbocycles. The van der Waals surface area contributed by atoms with Crippen molar-refractivity contribution in [2.45, 2.75) is 44.6 Å². The summed E-state index contributed by atoms with van der Waals surface area (Å²) in [6.07, 6.45) is 8.73. The summed E-state index contributed by atoms with van der Waals surface area (Å²) in [5.74, 6) is -1.55. The summed E-state index contributed by atoms with van der Waals surface area (Å²) in [5, 5.41) is 11.5. The van der Waals surface area contributed by atoms with E-state index >= 15 is 0 Å². The molecule has 1 aromatic carbocycles. The zero-order valence-corrected chi connectivity index (χ0v) is 19.6. The van der Waals surface area contributed by atoms with Crippen molar-refractivity contribution in [3.8, 4) is 0 Å². The van der Waals surface area contributed by atoms with Gasteiger partial charge in [-0.2, -0.15) is 0 Å². The van der Waals surface area contributed by atoms with E-state index in [9.17, 15) is 8.78 Å². The average molecular weight is 473 g/mol. The van der Waals surface area contributed by atoms with Gasteiger partial charge in [0.2, 0.25) is 0 Å². The Morgan fingerprint density at radius 1 is 1.30 bits per heavy atom. The van der Waals surface area contributed by atoms with Crippen LogP contribution in [-0.4, -0.2) is 35.2 Å². The number of nitrogens with two attached hydrogens (primary N) is 2. The van der Waals surface area contributed by atoms with Crippen LogP contribution in [0.1, 0.15) is 43.0 Å². The van der Waals surface area contributed by atoms with Crippen molar-refractivity contribution in [1.29, 1.82) is 5.41 Å². The number of hydrogen-bond acceptors (Lipinski definition) is 7. The smallest absolute Gasteiger partial charge is 0.136 e. The number of anilines is 2. The maximum Gasteiger partial charge on any atom is 0.136 e. The largest absolute Gasteiger partial charge is 0.393 e. The van der Waals surface area contributed by atoms with Crippen molar-refractivity contribution in [1.82, 2.24) is 4.98 Å². The molecule has 0 spiro atoms. The van der Waals surface area contributed by atoms with Gasteiger partial charge in [-0.05, 0) is 62.8 Å². The lowest BCUT2D eigenvalue weighted by Crippen LogP contribution is -2.52. The van der Waals surface area contributed by atoms with E-state index in [1.807, 2.05) is 6.20 Å². The number of aryl methyl sites for hydroxylation is 1. The van der Waals surface area contributed by atoms with Crippen LogP contribution in [0.5, 0.6) is 0 Å². The second kappa shape index (κ2) is 9.69. The summed E-state index contributed by atoms with van der Waals surface area (Å²) in [4.78, 5) is 7.03. The van der Waals surface area contributed by atoms with Crippen LogP contribution < -0.4 is 21.7 Å². The van der Waals surface area contributed by atoms with Gasteiger partial charge in [-0.3, -0.25) is 10.4 Å². The molecular weight excluding hydrogens is 442 g/mol. The fraction of sp³-hybridized carbons (Fsp3) is 0.417. The second-order valence-corrected chi connectivity index (χ2v) is 10.1. The predicted molar refractivity (Wildman–Crippen MR) is 132 cm³/mol. The Kier molecular flexibility index (Phi) is 6.90. The molecule has 1 aromatic heterocycles. The molecule has 0 bridgehead atoms. The second-order valence-electron chi connectivity index (χ2n) is 8.99. The van der Waals surface area contributed by atoms with Gasteiger partial charge in [-0.15, -0.1) is 0 Å². The van der Waals surface area contributed by atoms with Crippen LogP contribution in [0.3, 0.4) is 0 Å². The highest BCUT2D eigenvalue weighted by Crippen LogP contribution is 2.38. The molecule has 2 heterocycles. The van der Waals surface area contributed by atoms with Crippen molar-refractivity contribution in [2.24, 2.45) is 11.5 Å². The minimum absolute atomic E-state index is 0.229. The van der Waals surface area contributed by atoms with E-state index in [2.05, 4.69) is 22.1 Å². The highest BCUT2D eigenvalue weighted by Gasteiger charge is 2.31. The third-order valence-electron chi connectivity index (χ3n) is 6.13. The summed E-state index contributed by atoms with van der Waals surface area (Å²) >= 11 is 0.828. The Balaban J connectivity index is 1.48. The first-order chi connectivity index (χ1) is 15.7. The van der Waals surface area contributed by atoms with Crippen LogP contribution in [0.4, 0.5) is 20.2 Å². The molecule has 9 heteroatoms. The van der Waals surface area contributed by atoms with E-state index in [1.165, 1.54) is 17.3 Å². The molecule has 2 aromatic rings. The Morgan fingerprint density at radius 2 is 2.06 bits per heavy atom. The van der Waals surface area contributed by atoms with Gasteiger partial charge >= 0.3 is 0 Å². The molecule has 0 amide bonds. The first kappa shape index (κ1) is 23.5. The number of pyridine rings is 1. The van der Waals surface area contributed by atoms with Gasteiger partial charge in [0.1, 0.15) is 16.7 Å². The number of hydrogen-bond donors (Lipinski definition) is 4. The summed E-state index contributed by atoms with van der Waals surface area (Å²) < 4.78 is 27.8. The molecule has 0 radical (unpaired) electrons. The molecule has 6 nitrogen and oxygen atoms in total. The number of piperidine rings is 1. The molecule has 176 valence electrons. The lowest BCUT2D eigenvalue weighted by atomic mass is 9.91. The number of halogens is 2. The highest BCUT2D eigenvalue weighted by atomic mass is 32.2. The zero-order valence-electron chi connectivity index (χ0n) is 18.8. The summed E-state index contributed by atoms with van der Waals surface area (Å²) in [6.45, 7) is 4.24. The number of fused-ring (bicyclic) bond motifs is 1. The molecule has 1 atom stereocenters. The summed E-state index contributed by atoms with van der Waals surface area (Å²) in [6, 6.07) is 3.53. The molecule has 1 fully saturated rings. The fourth-order valence-corrected chi connectivity index (χ4v) is 5.33. The number of nitrogens with one attached hydrogen (secondary N) is 2. The fourth-order valence-electron chi connectivity index (χ4n) is 4.63. The molecule has 2 aliphatic rings. The van der Waals surface area contributed by atoms with Gasteiger partial charge in [-0.1, -0.05) is 17.8 Å². The van der Waals surface area contributed by atoms with Crippen LogP contribution in [0.25, 0.3) is 0 Å². The van der Waals surface area contributed by atoms with Crippen LogP contribution in [-0.2, 0) is 12.8 Å². The van der Waals surface area contributed by atoms with Crippen LogP contribution >= 0.6 is 11.8 Å². The molecule has 1 aliphatic heterocycles. The van der Waals surface area contributed by atoms with Gasteiger partial charge in [-0.25, -0.2) is 8.78 Å². The molecule has 33 heavy (non-hydrogen) atoms. The Morgan fingerprint density at radius 3 is 2.79 bits per heavy atom. The van der Waals surface area contributed by atoms with Crippen molar-refractivity contribution < 1.29 is 8.78 Å². The minimum Gasteiger partial charge on any atom is -0.393 e. The van der Waals surface area contributed by atoms with Crippen LogP contribution in [0.15, 0.2) is 35.5 Å². The SMILES string of the molecule is CC1(N)CCCN(c2c(NC/C=C(\N)SC(=N)c3c(F)cccc3F)cnc3c2CCC3)C1. The van der Waals surface area contributed by atoms with Gasteiger partial charge in [0.05, 0.1) is 28.2 Å². The van der Waals surface area contributed by atoms with E-state index in [1.54, 1.807) is 6.08 Å². The molecule has 1 aliphatic carbocycles. The maximum absolute atomic E-state index is 13.9. The Bertz CT molecular complexity index is 1060. The van der Waals surface area contributed by atoms with E-state index in [0.717, 1.165) is 80.5 Å². The van der Waals surface area contributed by atoms with E-state index in [4.69, 9.17) is 16.9 Å². The number of thioether (sulfide) groups is 1. The molecule has 1 unspecified atom stereocenters. The summed E-state index contributed by atoms with van der Waals surface area (Å²) in [5.41, 5.74) is 16.5. The van der Waals surface area contributed by atoms with Gasteiger partial charge in [0.25, 0.3) is 0 Å². The lowest BCUT2D eigenvalue weighted by molar-refractivity contribution is 0.374. The Labute approximate surface area is 197 Å². The first-order valence-corrected chi connectivity index (χ1v) is 12.0. The van der Waals surface area contributed by atoms with Crippen molar-refractivity contribution in [2.75, 3.05) is 29.9 Å². The van der Waals surface area contributed by atoms with Crippen LogP contribution in [0.2, 0.25) is 0 Å². The molecule has 1 saturated heterocycles.